The normalized spacial score (nSPS) is 12.2. The van der Waals surface area contributed by atoms with Crippen molar-refractivity contribution in [1.82, 2.24) is 30.0 Å². The summed E-state index contributed by atoms with van der Waals surface area (Å²) in [4.78, 5) is 14.9. The van der Waals surface area contributed by atoms with E-state index in [1.165, 1.54) is 9.59 Å². The number of phenols is 2. The molecule has 0 aliphatic rings. The predicted molar refractivity (Wildman–Crippen MR) is 177 cm³/mol. The Labute approximate surface area is 266 Å². The molecule has 0 radical (unpaired) electrons. The van der Waals surface area contributed by atoms with Gasteiger partial charge in [0.1, 0.15) is 44.9 Å². The smallest absolute Gasteiger partial charge is 0.333 e. The second kappa shape index (κ2) is 12.5. The molecule has 234 valence electrons. The van der Waals surface area contributed by atoms with Crippen molar-refractivity contribution in [3.63, 3.8) is 0 Å². The van der Waals surface area contributed by atoms with Crippen molar-refractivity contribution in [3.8, 4) is 22.9 Å². The summed E-state index contributed by atoms with van der Waals surface area (Å²) in [7, 11) is 0. The van der Waals surface area contributed by atoms with E-state index in [0.717, 1.165) is 11.1 Å². The lowest BCUT2D eigenvalue weighted by molar-refractivity contribution is -0.138. The van der Waals surface area contributed by atoms with Gasteiger partial charge in [0.15, 0.2) is 0 Å². The van der Waals surface area contributed by atoms with Gasteiger partial charge in [-0.2, -0.15) is 0 Å². The summed E-state index contributed by atoms with van der Waals surface area (Å²) >= 11 is 0. The molecule has 0 aliphatic heterocycles. The number of aromatic hydroxyl groups is 2. The lowest BCUT2D eigenvalue weighted by atomic mass is 9.87. The Balaban J connectivity index is 1.46. The summed E-state index contributed by atoms with van der Waals surface area (Å²) in [6.07, 6.45) is 0.572. The first kappa shape index (κ1) is 30.5. The van der Waals surface area contributed by atoms with Gasteiger partial charge >= 0.3 is 5.97 Å². The van der Waals surface area contributed by atoms with Crippen LogP contribution in [0.25, 0.3) is 33.4 Å². The minimum Gasteiger partial charge on any atom is -0.505 e. The zero-order valence-electron chi connectivity index (χ0n) is 26.3. The summed E-state index contributed by atoms with van der Waals surface area (Å²) in [6.45, 7) is 11.8. The lowest BCUT2D eigenvalue weighted by Crippen LogP contribution is -2.10. The molecular weight excluding hydrogens is 580 g/mol. The van der Waals surface area contributed by atoms with Crippen molar-refractivity contribution >= 4 is 28.0 Å². The Kier molecular flexibility index (Phi) is 8.27. The van der Waals surface area contributed by atoms with E-state index < -0.39 is 5.97 Å². The third-order valence-electron chi connectivity index (χ3n) is 8.30. The maximum atomic E-state index is 12.0. The van der Waals surface area contributed by atoms with Crippen molar-refractivity contribution in [3.05, 3.63) is 107 Å². The number of hydrogen-bond donors (Lipinski definition) is 2. The molecule has 0 amide bonds. The summed E-state index contributed by atoms with van der Waals surface area (Å²) in [6, 6.07) is 22.6. The van der Waals surface area contributed by atoms with Gasteiger partial charge in [-0.25, -0.2) is 4.79 Å². The Morgan fingerprint density at radius 2 is 1.26 bits per heavy atom. The van der Waals surface area contributed by atoms with E-state index in [2.05, 4.69) is 47.7 Å². The van der Waals surface area contributed by atoms with E-state index in [1.807, 2.05) is 66.7 Å². The second-order valence-electron chi connectivity index (χ2n) is 12.0. The van der Waals surface area contributed by atoms with Crippen LogP contribution in [0.15, 0.2) is 84.9 Å². The van der Waals surface area contributed by atoms with Gasteiger partial charge in [0.05, 0.1) is 6.61 Å². The van der Waals surface area contributed by atoms with Gasteiger partial charge in [0, 0.05) is 29.5 Å². The summed E-state index contributed by atoms with van der Waals surface area (Å²) in [5.74, 6) is 0.0361. The molecule has 2 heterocycles. The molecule has 0 saturated carbocycles. The largest absolute Gasteiger partial charge is 0.505 e. The molecule has 10 nitrogen and oxygen atoms in total. The van der Waals surface area contributed by atoms with Crippen LogP contribution in [-0.4, -0.2) is 52.8 Å². The molecule has 1 unspecified atom stereocenters. The molecule has 1 atom stereocenters. The summed E-state index contributed by atoms with van der Waals surface area (Å²) in [5, 5.41) is 41.8. The molecule has 0 spiro atoms. The Morgan fingerprint density at radius 1 is 0.783 bits per heavy atom. The Morgan fingerprint density at radius 3 is 1.74 bits per heavy atom. The monoisotopic (exact) mass is 616 g/mol. The van der Waals surface area contributed by atoms with Gasteiger partial charge in [-0.15, -0.1) is 30.0 Å². The Hall–Kier alpha value is -5.51. The van der Waals surface area contributed by atoms with Crippen molar-refractivity contribution in [2.45, 2.75) is 46.5 Å². The molecule has 6 aromatic rings. The number of benzene rings is 4. The highest BCUT2D eigenvalue weighted by atomic mass is 16.5. The van der Waals surface area contributed by atoms with E-state index >= 15 is 0 Å². The number of ether oxygens (including phenoxy) is 1. The first-order chi connectivity index (χ1) is 22.1. The van der Waals surface area contributed by atoms with Crippen molar-refractivity contribution in [2.24, 2.45) is 5.92 Å². The summed E-state index contributed by atoms with van der Waals surface area (Å²) in [5.41, 5.74) is 6.91. The molecule has 2 N–H and O–H groups in total. The van der Waals surface area contributed by atoms with Crippen LogP contribution in [0.2, 0.25) is 0 Å². The molecule has 0 aliphatic carbocycles. The van der Waals surface area contributed by atoms with E-state index in [0.29, 0.717) is 62.5 Å². The topological polar surface area (TPSA) is 128 Å². The first-order valence-corrected chi connectivity index (χ1v) is 15.3. The maximum Gasteiger partial charge on any atom is 0.333 e. The zero-order chi connectivity index (χ0) is 32.5. The van der Waals surface area contributed by atoms with Crippen molar-refractivity contribution < 1.29 is 19.7 Å². The molecular formula is C36H36N6O4. The fourth-order valence-electron chi connectivity index (χ4n) is 5.34. The summed E-state index contributed by atoms with van der Waals surface area (Å²) < 4.78 is 5.37. The highest BCUT2D eigenvalue weighted by Gasteiger charge is 2.22. The van der Waals surface area contributed by atoms with Crippen LogP contribution in [-0.2, 0) is 22.4 Å². The predicted octanol–water partition coefficient (Wildman–Crippen LogP) is 6.58. The van der Waals surface area contributed by atoms with Gasteiger partial charge in [-0.05, 0) is 66.3 Å². The van der Waals surface area contributed by atoms with Crippen molar-refractivity contribution in [1.29, 1.82) is 0 Å². The minimum absolute atomic E-state index is 0.0182. The molecule has 0 fully saturated rings. The van der Waals surface area contributed by atoms with Gasteiger partial charge in [-0.1, -0.05) is 63.7 Å². The van der Waals surface area contributed by atoms with Crippen LogP contribution in [0.4, 0.5) is 0 Å². The molecule has 0 bridgehead atoms. The lowest BCUT2D eigenvalue weighted by Gasteiger charge is -2.20. The third-order valence-corrected chi connectivity index (χ3v) is 8.30. The molecule has 2 aromatic heterocycles. The number of aromatic nitrogens is 6. The van der Waals surface area contributed by atoms with Gasteiger partial charge in [0.25, 0.3) is 0 Å². The van der Waals surface area contributed by atoms with Crippen LogP contribution < -0.4 is 0 Å². The van der Waals surface area contributed by atoms with Crippen LogP contribution in [0, 0.1) is 5.92 Å². The third kappa shape index (κ3) is 6.06. The SMILES string of the molecule is C=C(C)C(=O)OCCc1cc(Cc2cc(C(C)C(C)C)cc(-n3nc4ccccc4n3)c2O)c(O)c(-n2nc3ccccc3n2)c1. The van der Waals surface area contributed by atoms with E-state index in [9.17, 15) is 15.0 Å². The van der Waals surface area contributed by atoms with Gasteiger partial charge in [-0.3, -0.25) is 0 Å². The quantitative estimate of drug-likeness (QED) is 0.131. The van der Waals surface area contributed by atoms with Crippen molar-refractivity contribution in [2.75, 3.05) is 6.61 Å². The highest BCUT2D eigenvalue weighted by molar-refractivity contribution is 5.86. The van der Waals surface area contributed by atoms with E-state index in [-0.39, 0.29) is 30.4 Å². The number of esters is 1. The first-order valence-electron chi connectivity index (χ1n) is 15.3. The number of nitrogens with zero attached hydrogens (tertiary/aromatic N) is 6. The standard InChI is InChI=1S/C36H36N6O4/c1-21(2)23(5)25-18-27(35(44)33(20-25)42-39-30-12-8-9-13-31(30)40-42)19-26-16-24(14-15-46-36(45)22(3)4)17-32(34(26)43)41-37-28-10-6-7-11-29(28)38-41/h6-13,16-18,20-21,23,43-44H,3,14-15,19H2,1-2,4-5H3. The molecule has 6 rings (SSSR count). The number of carbonyl (C=O) groups is 1. The fraction of sp³-hybridized carbons (Fsp3) is 0.250. The van der Waals surface area contributed by atoms with E-state index in [1.54, 1.807) is 13.0 Å². The molecule has 46 heavy (non-hydrogen) atoms. The number of fused-ring (bicyclic) bond motifs is 2. The van der Waals surface area contributed by atoms with E-state index in [4.69, 9.17) is 4.74 Å². The average molecular weight is 617 g/mol. The Bertz CT molecular complexity index is 2030. The van der Waals surface area contributed by atoms with Crippen LogP contribution >= 0.6 is 0 Å². The minimum atomic E-state index is -0.465. The van der Waals surface area contributed by atoms with Gasteiger partial charge in [0.2, 0.25) is 0 Å². The number of hydrogen-bond acceptors (Lipinski definition) is 8. The zero-order valence-corrected chi connectivity index (χ0v) is 26.3. The number of phenolic OH excluding ortho intramolecular Hbond substituents is 2. The van der Waals surface area contributed by atoms with Gasteiger partial charge < -0.3 is 14.9 Å². The van der Waals surface area contributed by atoms with Crippen LogP contribution in [0.5, 0.6) is 11.5 Å². The maximum absolute atomic E-state index is 12.0. The van der Waals surface area contributed by atoms with Crippen LogP contribution in [0.1, 0.15) is 55.9 Å². The number of rotatable bonds is 10. The average Bonchev–Trinajstić information content (AvgIpc) is 3.67. The molecule has 4 aromatic carbocycles. The molecule has 0 saturated heterocycles. The number of carbonyl (C=O) groups excluding carboxylic acids is 1. The second-order valence-corrected chi connectivity index (χ2v) is 12.0. The fourth-order valence-corrected chi connectivity index (χ4v) is 5.34. The highest BCUT2D eigenvalue weighted by Crippen LogP contribution is 2.37. The molecule has 10 heteroatoms. The van der Waals surface area contributed by atoms with Crippen LogP contribution in [0.3, 0.4) is 0 Å².